The van der Waals surface area contributed by atoms with Crippen LogP contribution in [0.3, 0.4) is 0 Å². The van der Waals surface area contributed by atoms with Gasteiger partial charge < -0.3 is 10.8 Å². The third kappa shape index (κ3) is 2.02. The number of carboxylic acids is 1. The van der Waals surface area contributed by atoms with Crippen molar-refractivity contribution in [1.82, 2.24) is 4.90 Å². The highest BCUT2D eigenvalue weighted by atomic mass is 32.2. The Kier molecular flexibility index (Phi) is 3.09. The van der Waals surface area contributed by atoms with Crippen LogP contribution in [-0.2, 0) is 14.4 Å². The minimum atomic E-state index is -1.15. The van der Waals surface area contributed by atoms with Crippen molar-refractivity contribution in [1.29, 1.82) is 0 Å². The predicted octanol–water partition coefficient (Wildman–Crippen LogP) is 0.152. The largest absolute Gasteiger partial charge is 0.477 e. The van der Waals surface area contributed by atoms with Gasteiger partial charge in [-0.3, -0.25) is 14.5 Å². The zero-order valence-electron chi connectivity index (χ0n) is 8.87. The maximum absolute atomic E-state index is 11.3. The molecule has 1 fully saturated rings. The lowest BCUT2D eigenvalue weighted by Crippen LogP contribution is -2.48. The van der Waals surface area contributed by atoms with Crippen LogP contribution in [-0.4, -0.2) is 38.4 Å². The highest BCUT2D eigenvalue weighted by Gasteiger charge is 2.48. The number of rotatable bonds is 4. The summed E-state index contributed by atoms with van der Waals surface area (Å²) in [5, 5.41) is 8.44. The van der Waals surface area contributed by atoms with E-state index in [0.29, 0.717) is 10.7 Å². The highest BCUT2D eigenvalue weighted by Crippen LogP contribution is 2.51. The van der Waals surface area contributed by atoms with Gasteiger partial charge in [0.15, 0.2) is 5.70 Å². The summed E-state index contributed by atoms with van der Waals surface area (Å²) >= 11 is 2.40. The molecule has 6 nitrogen and oxygen atoms in total. The van der Waals surface area contributed by atoms with Crippen molar-refractivity contribution in [3.05, 3.63) is 9.93 Å². The second-order valence-electron chi connectivity index (χ2n) is 3.64. The van der Waals surface area contributed by atoms with Crippen molar-refractivity contribution in [2.75, 3.05) is 0 Å². The Morgan fingerprint density at radius 2 is 2.29 bits per heavy atom. The number of primary amides is 1. The average molecular weight is 274 g/mol. The van der Waals surface area contributed by atoms with E-state index in [1.165, 1.54) is 16.7 Å². The van der Waals surface area contributed by atoms with Crippen LogP contribution in [0.5, 0.6) is 0 Å². The van der Waals surface area contributed by atoms with Gasteiger partial charge in [0, 0.05) is 0 Å². The normalized spacial score (nSPS) is 24.4. The van der Waals surface area contributed by atoms with Crippen LogP contribution in [0.1, 0.15) is 13.3 Å². The molecule has 1 unspecified atom stereocenters. The molecule has 17 heavy (non-hydrogen) atoms. The van der Waals surface area contributed by atoms with E-state index in [4.69, 9.17) is 10.8 Å². The monoisotopic (exact) mass is 274 g/mol. The van der Waals surface area contributed by atoms with Crippen molar-refractivity contribution < 1.29 is 19.5 Å². The molecule has 2 aliphatic heterocycles. The zero-order valence-corrected chi connectivity index (χ0v) is 10.5. The van der Waals surface area contributed by atoms with Crippen LogP contribution in [0.2, 0.25) is 0 Å². The van der Waals surface area contributed by atoms with Crippen molar-refractivity contribution in [2.45, 2.75) is 24.0 Å². The zero-order chi connectivity index (χ0) is 12.7. The summed E-state index contributed by atoms with van der Waals surface area (Å²) in [5.41, 5.74) is 5.11. The lowest BCUT2D eigenvalue weighted by atomic mass is 10.2. The average Bonchev–Trinajstić information content (AvgIpc) is 2.51. The van der Waals surface area contributed by atoms with E-state index in [9.17, 15) is 14.4 Å². The maximum atomic E-state index is 11.3. The van der Waals surface area contributed by atoms with E-state index in [1.54, 1.807) is 6.92 Å². The number of carboxylic acid groups (broad SMARTS) is 1. The van der Waals surface area contributed by atoms with E-state index in [0.717, 1.165) is 11.8 Å². The molecule has 3 N–H and O–H groups in total. The molecule has 0 aliphatic carbocycles. The van der Waals surface area contributed by atoms with Gasteiger partial charge in [-0.05, 0) is 6.92 Å². The number of amides is 2. The number of nitrogens with two attached hydrogens (primary N) is 1. The summed E-state index contributed by atoms with van der Waals surface area (Å²) in [7, 11) is 0. The molecule has 0 aromatic heterocycles. The van der Waals surface area contributed by atoms with Crippen LogP contribution in [0.25, 0.3) is 0 Å². The van der Waals surface area contributed by atoms with Crippen molar-refractivity contribution in [3.8, 4) is 0 Å². The second-order valence-corrected chi connectivity index (χ2v) is 6.44. The molecule has 2 amide bonds. The summed E-state index contributed by atoms with van der Waals surface area (Å²) < 4.78 is 0.486. The van der Waals surface area contributed by atoms with Gasteiger partial charge in [0.2, 0.25) is 11.8 Å². The lowest BCUT2D eigenvalue weighted by Gasteiger charge is -2.33. The van der Waals surface area contributed by atoms with Crippen LogP contribution < -0.4 is 5.73 Å². The summed E-state index contributed by atoms with van der Waals surface area (Å²) in [6.07, 6.45) is 0.344. The first-order valence-corrected chi connectivity index (χ1v) is 6.60. The summed E-state index contributed by atoms with van der Waals surface area (Å²) in [5.74, 6) is -1.84. The van der Waals surface area contributed by atoms with E-state index >= 15 is 0 Å². The summed E-state index contributed by atoms with van der Waals surface area (Å²) in [4.78, 5) is 34.6. The van der Waals surface area contributed by atoms with Gasteiger partial charge in [-0.2, -0.15) is 0 Å². The number of aliphatic carboxylic acids is 1. The molecule has 0 aromatic carbocycles. The van der Waals surface area contributed by atoms with E-state index in [-0.39, 0.29) is 17.0 Å². The number of hydrogen-bond acceptors (Lipinski definition) is 5. The van der Waals surface area contributed by atoms with Crippen LogP contribution in [0.15, 0.2) is 9.93 Å². The topological polar surface area (TPSA) is 101 Å². The first-order valence-electron chi connectivity index (χ1n) is 4.84. The minimum absolute atomic E-state index is 0.0191. The van der Waals surface area contributed by atoms with E-state index in [1.807, 2.05) is 0 Å². The Balaban J connectivity index is 2.23. The van der Waals surface area contributed by atoms with Crippen LogP contribution in [0.4, 0.5) is 0 Å². The van der Waals surface area contributed by atoms with E-state index in [2.05, 4.69) is 0 Å². The fourth-order valence-electron chi connectivity index (χ4n) is 1.52. The summed E-state index contributed by atoms with van der Waals surface area (Å²) in [6.45, 7) is 1.61. The van der Waals surface area contributed by atoms with Gasteiger partial charge in [0.1, 0.15) is 0 Å². The number of thioether (sulfide) groups is 2. The van der Waals surface area contributed by atoms with Crippen LogP contribution >= 0.6 is 23.5 Å². The second kappa shape index (κ2) is 4.26. The molecule has 2 rings (SSSR count). The van der Waals surface area contributed by atoms with Crippen molar-refractivity contribution >= 4 is 41.3 Å². The highest BCUT2D eigenvalue weighted by molar-refractivity contribution is 8.23. The minimum Gasteiger partial charge on any atom is -0.477 e. The van der Waals surface area contributed by atoms with Crippen molar-refractivity contribution in [2.24, 2.45) is 5.73 Å². The number of hydrogen-bond donors (Lipinski definition) is 2. The molecule has 2 atom stereocenters. The van der Waals surface area contributed by atoms with Gasteiger partial charge in [0.25, 0.3) is 0 Å². The smallest absolute Gasteiger partial charge is 0.354 e. The number of carbonyl (C=O) groups is 3. The molecule has 8 heteroatoms. The first-order chi connectivity index (χ1) is 7.91. The Morgan fingerprint density at radius 1 is 1.65 bits per heavy atom. The van der Waals surface area contributed by atoms with Gasteiger partial charge in [0.05, 0.1) is 21.3 Å². The van der Waals surface area contributed by atoms with Gasteiger partial charge >= 0.3 is 5.97 Å². The molecule has 0 bridgehead atoms. The standard InChI is InChI=1S/C9H10N2O4S2/c1-3(7(10)13)16-9-6(8(14)15)11-4(12)2-5(11)17-9/h3,5H,2H2,1H3,(H2,10,13)(H,14,15)/t3?,5-/m0/s1. The van der Waals surface area contributed by atoms with Crippen molar-refractivity contribution in [3.63, 3.8) is 0 Å². The van der Waals surface area contributed by atoms with Gasteiger partial charge in [-0.15, -0.1) is 11.8 Å². The third-order valence-corrected chi connectivity index (χ3v) is 5.10. The summed E-state index contributed by atoms with van der Waals surface area (Å²) in [6, 6.07) is 0. The molecule has 0 spiro atoms. The fraction of sp³-hybridized carbons (Fsp3) is 0.444. The fourth-order valence-corrected chi connectivity index (χ4v) is 4.34. The lowest BCUT2D eigenvalue weighted by molar-refractivity contribution is -0.145. The van der Waals surface area contributed by atoms with Gasteiger partial charge in [-0.1, -0.05) is 11.8 Å². The van der Waals surface area contributed by atoms with Gasteiger partial charge in [-0.25, -0.2) is 4.79 Å². The molecule has 1 saturated heterocycles. The number of fused-ring (bicyclic) bond motifs is 1. The third-order valence-electron chi connectivity index (χ3n) is 2.47. The van der Waals surface area contributed by atoms with E-state index < -0.39 is 17.1 Å². The number of nitrogens with zero attached hydrogens (tertiary/aromatic N) is 1. The Labute approximate surface area is 106 Å². The Morgan fingerprint density at radius 3 is 2.76 bits per heavy atom. The molecule has 2 aliphatic rings. The molecule has 2 heterocycles. The first kappa shape index (κ1) is 12.3. The number of carbonyl (C=O) groups excluding carboxylic acids is 2. The molecule has 92 valence electrons. The Bertz CT molecular complexity index is 448. The quantitative estimate of drug-likeness (QED) is 0.708. The van der Waals surface area contributed by atoms with Crippen LogP contribution in [0, 0.1) is 0 Å². The molecular formula is C9H10N2O4S2. The molecular weight excluding hydrogens is 264 g/mol. The molecule has 0 saturated carbocycles. The number of β-lactam (4-membered cyclic amide) rings is 1. The molecule has 0 aromatic rings. The maximum Gasteiger partial charge on any atom is 0.354 e. The molecule has 0 radical (unpaired) electrons. The predicted molar refractivity (Wildman–Crippen MR) is 63.8 cm³/mol. The Hall–Kier alpha value is -1.15. The SMILES string of the molecule is CC(SC1=C(C(=O)O)N2C(=O)C[C@@H]2S1)C(N)=O.